The summed E-state index contributed by atoms with van der Waals surface area (Å²) in [6.07, 6.45) is 84.5. The molecule has 0 spiro atoms. The molecule has 0 amide bonds. The molecule has 0 aromatic rings. The zero-order valence-corrected chi connectivity index (χ0v) is 47.1. The predicted octanol–water partition coefficient (Wildman–Crippen LogP) is 20.2. The van der Waals surface area contributed by atoms with E-state index in [9.17, 15) is 14.4 Å². The predicted molar refractivity (Wildman–Crippen MR) is 316 cm³/mol. The summed E-state index contributed by atoms with van der Waals surface area (Å²) in [5.41, 5.74) is 0. The molecule has 0 aromatic carbocycles. The Morgan fingerprint density at radius 3 is 0.918 bits per heavy atom. The van der Waals surface area contributed by atoms with Gasteiger partial charge in [-0.3, -0.25) is 14.4 Å². The molecule has 73 heavy (non-hydrogen) atoms. The maximum atomic E-state index is 12.9. The van der Waals surface area contributed by atoms with E-state index in [2.05, 4.69) is 148 Å². The number of carbonyl (C=O) groups is 3. The normalized spacial score (nSPS) is 13.1. The minimum absolute atomic E-state index is 0.117. The number of ether oxygens (including phenoxy) is 3. The molecule has 0 fully saturated rings. The number of carbonyl (C=O) groups excluding carboxylic acids is 3. The Balaban J connectivity index is 4.56. The Morgan fingerprint density at radius 2 is 0.562 bits per heavy atom. The Morgan fingerprint density at radius 1 is 0.288 bits per heavy atom. The lowest BCUT2D eigenvalue weighted by Gasteiger charge is -2.18. The van der Waals surface area contributed by atoms with Crippen molar-refractivity contribution in [1.82, 2.24) is 0 Å². The highest BCUT2D eigenvalue weighted by Crippen LogP contribution is 2.14. The van der Waals surface area contributed by atoms with Crippen molar-refractivity contribution in [3.05, 3.63) is 134 Å². The first-order chi connectivity index (χ1) is 36.0. The van der Waals surface area contributed by atoms with Gasteiger partial charge in [0.25, 0.3) is 0 Å². The third-order valence-corrected chi connectivity index (χ3v) is 12.1. The Labute approximate surface area is 449 Å². The average Bonchev–Trinajstić information content (AvgIpc) is 3.39. The summed E-state index contributed by atoms with van der Waals surface area (Å²) in [6.45, 7) is 6.38. The van der Waals surface area contributed by atoms with Crippen molar-refractivity contribution in [1.29, 1.82) is 0 Å². The maximum absolute atomic E-state index is 12.9. The molecule has 1 atom stereocenters. The van der Waals surface area contributed by atoms with Crippen LogP contribution >= 0.6 is 0 Å². The van der Waals surface area contributed by atoms with Crippen LogP contribution < -0.4 is 0 Å². The highest BCUT2D eigenvalue weighted by Gasteiger charge is 2.19. The second-order valence-corrected chi connectivity index (χ2v) is 19.2. The molecule has 0 saturated heterocycles. The molecule has 0 heterocycles. The quantitative estimate of drug-likeness (QED) is 0.0261. The van der Waals surface area contributed by atoms with Crippen molar-refractivity contribution < 1.29 is 28.6 Å². The molecular weight excluding hydrogens is 901 g/mol. The Kier molecular flexibility index (Phi) is 56.4. The van der Waals surface area contributed by atoms with Gasteiger partial charge in [-0.1, -0.05) is 238 Å². The molecule has 0 unspecified atom stereocenters. The molecule has 0 saturated carbocycles. The van der Waals surface area contributed by atoms with Crippen LogP contribution in [0.15, 0.2) is 134 Å². The van der Waals surface area contributed by atoms with E-state index in [1.54, 1.807) is 0 Å². The Bertz CT molecular complexity index is 1580. The first-order valence-electron chi connectivity index (χ1n) is 29.7. The summed E-state index contributed by atoms with van der Waals surface area (Å²) < 4.78 is 16.8. The van der Waals surface area contributed by atoms with E-state index < -0.39 is 6.10 Å². The van der Waals surface area contributed by atoms with Gasteiger partial charge in [0.15, 0.2) is 6.10 Å². The molecule has 0 aromatic heterocycles. The summed E-state index contributed by atoms with van der Waals surface area (Å²) in [6, 6.07) is 0. The molecule has 0 radical (unpaired) electrons. The van der Waals surface area contributed by atoms with Crippen LogP contribution in [0.5, 0.6) is 0 Å². The molecule has 0 N–H and O–H groups in total. The van der Waals surface area contributed by atoms with Crippen molar-refractivity contribution in [3.63, 3.8) is 0 Å². The first kappa shape index (κ1) is 68.6. The molecule has 412 valence electrons. The number of hydrogen-bond donors (Lipinski definition) is 0. The summed E-state index contributed by atoms with van der Waals surface area (Å²) in [7, 11) is 0. The van der Waals surface area contributed by atoms with Crippen molar-refractivity contribution in [2.75, 3.05) is 13.2 Å². The van der Waals surface area contributed by atoms with Gasteiger partial charge in [-0.25, -0.2) is 0 Å². The SMILES string of the molecule is CC/C=C\C/C=C\C/C=C\C/C=C\CCCCCCC(=O)O[C@H](COC(=O)CC/C=C\C/C=C\C/C=C\C/C=C\C/C=C\CCCCC)COC(=O)CCCCCCCCCCC/C=C\C/C=C\CCCCC. The van der Waals surface area contributed by atoms with E-state index in [0.29, 0.717) is 12.8 Å². The maximum Gasteiger partial charge on any atom is 0.306 e. The van der Waals surface area contributed by atoms with Crippen LogP contribution in [0.3, 0.4) is 0 Å². The van der Waals surface area contributed by atoms with Crippen LogP contribution in [-0.4, -0.2) is 37.2 Å². The summed E-state index contributed by atoms with van der Waals surface area (Å²) >= 11 is 0. The van der Waals surface area contributed by atoms with E-state index in [0.717, 1.165) is 109 Å². The van der Waals surface area contributed by atoms with E-state index in [4.69, 9.17) is 14.2 Å². The van der Waals surface area contributed by atoms with Gasteiger partial charge in [-0.05, 0) is 128 Å². The lowest BCUT2D eigenvalue weighted by molar-refractivity contribution is -0.166. The number of unbranched alkanes of at least 4 members (excludes halogenated alkanes) is 19. The highest BCUT2D eigenvalue weighted by molar-refractivity contribution is 5.71. The van der Waals surface area contributed by atoms with Gasteiger partial charge in [-0.15, -0.1) is 0 Å². The largest absolute Gasteiger partial charge is 0.462 e. The fourth-order valence-corrected chi connectivity index (χ4v) is 7.68. The lowest BCUT2D eigenvalue weighted by Crippen LogP contribution is -2.30. The number of allylic oxidation sites excluding steroid dienone is 22. The van der Waals surface area contributed by atoms with Gasteiger partial charge < -0.3 is 14.2 Å². The second kappa shape index (κ2) is 60.1. The molecule has 0 rings (SSSR count). The molecule has 0 bridgehead atoms. The number of esters is 3. The van der Waals surface area contributed by atoms with E-state index in [1.807, 2.05) is 6.08 Å². The highest BCUT2D eigenvalue weighted by atomic mass is 16.6. The van der Waals surface area contributed by atoms with Crippen LogP contribution in [0.1, 0.15) is 252 Å². The Hall–Kier alpha value is -4.45. The van der Waals surface area contributed by atoms with Crippen molar-refractivity contribution in [2.45, 2.75) is 258 Å². The van der Waals surface area contributed by atoms with Gasteiger partial charge >= 0.3 is 17.9 Å². The summed E-state index contributed by atoms with van der Waals surface area (Å²) in [5.74, 6) is -1.03. The molecule has 0 aliphatic carbocycles. The lowest BCUT2D eigenvalue weighted by atomic mass is 10.1. The summed E-state index contributed by atoms with van der Waals surface area (Å²) in [4.78, 5) is 38.2. The van der Waals surface area contributed by atoms with Gasteiger partial charge in [0.05, 0.1) is 0 Å². The topological polar surface area (TPSA) is 78.9 Å². The number of rotatable bonds is 52. The van der Waals surface area contributed by atoms with Crippen molar-refractivity contribution in [3.8, 4) is 0 Å². The molecule has 0 aliphatic heterocycles. The summed E-state index contributed by atoms with van der Waals surface area (Å²) in [5, 5.41) is 0. The average molecular weight is 1010 g/mol. The van der Waals surface area contributed by atoms with Gasteiger partial charge in [0.1, 0.15) is 13.2 Å². The fourth-order valence-electron chi connectivity index (χ4n) is 7.68. The van der Waals surface area contributed by atoms with Gasteiger partial charge in [-0.2, -0.15) is 0 Å². The molecular formula is C67H108O6. The van der Waals surface area contributed by atoms with Crippen LogP contribution in [0.25, 0.3) is 0 Å². The van der Waals surface area contributed by atoms with Crippen LogP contribution in [-0.2, 0) is 28.6 Å². The van der Waals surface area contributed by atoms with Crippen LogP contribution in [0.4, 0.5) is 0 Å². The zero-order valence-electron chi connectivity index (χ0n) is 47.1. The van der Waals surface area contributed by atoms with E-state index in [1.165, 1.54) is 96.3 Å². The fraction of sp³-hybridized carbons (Fsp3) is 0.627. The van der Waals surface area contributed by atoms with Gasteiger partial charge in [0, 0.05) is 19.3 Å². The van der Waals surface area contributed by atoms with Crippen LogP contribution in [0, 0.1) is 0 Å². The van der Waals surface area contributed by atoms with Crippen molar-refractivity contribution in [2.24, 2.45) is 0 Å². The minimum atomic E-state index is -0.829. The monoisotopic (exact) mass is 1010 g/mol. The smallest absolute Gasteiger partial charge is 0.306 e. The molecule has 6 heteroatoms. The first-order valence-corrected chi connectivity index (χ1v) is 29.7. The number of hydrogen-bond acceptors (Lipinski definition) is 6. The molecule has 6 nitrogen and oxygen atoms in total. The third kappa shape index (κ3) is 58.3. The van der Waals surface area contributed by atoms with E-state index >= 15 is 0 Å². The zero-order chi connectivity index (χ0) is 52.9. The minimum Gasteiger partial charge on any atom is -0.462 e. The van der Waals surface area contributed by atoms with Crippen LogP contribution in [0.2, 0.25) is 0 Å². The standard InChI is InChI=1S/C67H108O6/c1-4-7-10-13-16-19-22-25-28-31-33-36-38-41-44-47-50-53-56-59-65(68)71-62-64(73-67(70)61-58-55-52-49-46-43-40-35-30-27-24-21-18-15-12-9-6-3)63-72-66(69)60-57-54-51-48-45-42-39-37-34-32-29-26-23-20-17-14-11-8-5-2/h9,12,16-21,25-30,33,36,40-41,43-44,50,53,64H,4-8,10-11,13-15,22-24,31-32,34-35,37-39,42,45-49,51-52,54-63H2,1-3H3/b12-9-,19-16-,20-17-,21-18-,28-25-,29-26-,30-27-,36-33-,43-40-,44-41-,53-50-/t64-/m1/s1. The third-order valence-electron chi connectivity index (χ3n) is 12.1. The van der Waals surface area contributed by atoms with Crippen molar-refractivity contribution >= 4 is 17.9 Å². The molecule has 0 aliphatic rings. The second-order valence-electron chi connectivity index (χ2n) is 19.2. The van der Waals surface area contributed by atoms with Gasteiger partial charge in [0.2, 0.25) is 0 Å². The van der Waals surface area contributed by atoms with E-state index in [-0.39, 0.29) is 44.0 Å².